The molecule has 2 N–H and O–H groups in total. The molecule has 118 valence electrons. The minimum atomic E-state index is -3.68. The quantitative estimate of drug-likeness (QED) is 0.669. The maximum absolute atomic E-state index is 11.8. The van der Waals surface area contributed by atoms with Gasteiger partial charge in [0, 0.05) is 0 Å². The smallest absolute Gasteiger partial charge is 0.321 e. The van der Waals surface area contributed by atoms with Crippen LogP contribution >= 0.6 is 0 Å². The Labute approximate surface area is 125 Å². The summed E-state index contributed by atoms with van der Waals surface area (Å²) >= 11 is 0. The van der Waals surface area contributed by atoms with Crippen LogP contribution in [0.3, 0.4) is 0 Å². The maximum atomic E-state index is 11.8. The molecule has 0 bridgehead atoms. The highest BCUT2D eigenvalue weighted by atomic mass is 32.2. The number of aliphatic carboxylic acids is 1. The molecular formula is C14H21NO5S. The van der Waals surface area contributed by atoms with Crippen LogP contribution in [-0.4, -0.2) is 37.9 Å². The van der Waals surface area contributed by atoms with Crippen molar-refractivity contribution in [3.05, 3.63) is 35.9 Å². The molecule has 0 saturated heterocycles. The summed E-state index contributed by atoms with van der Waals surface area (Å²) in [7, 11) is -3.68. The van der Waals surface area contributed by atoms with Gasteiger partial charge in [-0.05, 0) is 11.5 Å². The normalized spacial score (nSPS) is 13.3. The summed E-state index contributed by atoms with van der Waals surface area (Å²) in [5.74, 6) is -1.78. The third-order valence-electron chi connectivity index (χ3n) is 2.85. The van der Waals surface area contributed by atoms with Gasteiger partial charge in [0.05, 0.1) is 19.0 Å². The Balaban J connectivity index is 2.41. The lowest BCUT2D eigenvalue weighted by atomic mass is 10.1. The van der Waals surface area contributed by atoms with E-state index in [2.05, 4.69) is 4.72 Å². The largest absolute Gasteiger partial charge is 0.480 e. The molecule has 1 rings (SSSR count). The Morgan fingerprint density at radius 1 is 1.29 bits per heavy atom. The van der Waals surface area contributed by atoms with Gasteiger partial charge in [0.25, 0.3) is 0 Å². The average molecular weight is 315 g/mol. The summed E-state index contributed by atoms with van der Waals surface area (Å²) in [6, 6.07) is 8.27. The number of rotatable bonds is 9. The highest BCUT2D eigenvalue weighted by molar-refractivity contribution is 7.89. The first-order chi connectivity index (χ1) is 9.82. The minimum absolute atomic E-state index is 0.00859. The number of carbonyl (C=O) groups is 1. The lowest BCUT2D eigenvalue weighted by Gasteiger charge is -2.17. The molecule has 0 aliphatic rings. The van der Waals surface area contributed by atoms with Gasteiger partial charge >= 0.3 is 5.97 Å². The number of carboxylic acids is 1. The molecule has 7 heteroatoms. The topological polar surface area (TPSA) is 92.7 Å². The third kappa shape index (κ3) is 6.70. The molecule has 0 fully saturated rings. The van der Waals surface area contributed by atoms with Gasteiger partial charge in [-0.25, -0.2) is 13.1 Å². The van der Waals surface area contributed by atoms with E-state index in [1.807, 2.05) is 30.3 Å². The molecule has 1 atom stereocenters. The number of ether oxygens (including phenoxy) is 1. The SMILES string of the molecule is CC(C)[C@@H](NS(=O)(=O)CCOCc1ccccc1)C(=O)O. The van der Waals surface area contributed by atoms with E-state index in [1.54, 1.807) is 13.8 Å². The van der Waals surface area contributed by atoms with Crippen molar-refractivity contribution < 1.29 is 23.1 Å². The lowest BCUT2D eigenvalue weighted by Crippen LogP contribution is -2.45. The molecular weight excluding hydrogens is 294 g/mol. The fraction of sp³-hybridized carbons (Fsp3) is 0.500. The molecule has 6 nitrogen and oxygen atoms in total. The molecule has 0 radical (unpaired) electrons. The Morgan fingerprint density at radius 2 is 1.90 bits per heavy atom. The van der Waals surface area contributed by atoms with Crippen molar-refractivity contribution >= 4 is 16.0 Å². The predicted molar refractivity (Wildman–Crippen MR) is 79.3 cm³/mol. The van der Waals surface area contributed by atoms with Crippen molar-refractivity contribution in [1.29, 1.82) is 0 Å². The number of benzene rings is 1. The second-order valence-corrected chi connectivity index (χ2v) is 6.91. The summed E-state index contributed by atoms with van der Waals surface area (Å²) in [6.45, 7) is 3.62. The highest BCUT2D eigenvalue weighted by Crippen LogP contribution is 2.05. The maximum Gasteiger partial charge on any atom is 0.321 e. The van der Waals surface area contributed by atoms with Crippen LogP contribution in [0.5, 0.6) is 0 Å². The van der Waals surface area contributed by atoms with Crippen molar-refractivity contribution in [2.75, 3.05) is 12.4 Å². The van der Waals surface area contributed by atoms with Crippen LogP contribution in [0.15, 0.2) is 30.3 Å². The fourth-order valence-corrected chi connectivity index (χ4v) is 2.87. The van der Waals surface area contributed by atoms with Crippen molar-refractivity contribution in [1.82, 2.24) is 4.72 Å². The standard InChI is InChI=1S/C14H21NO5S/c1-11(2)13(14(16)17)15-21(18,19)9-8-20-10-12-6-4-3-5-7-12/h3-7,11,13,15H,8-10H2,1-2H3,(H,16,17)/t13-/m1/s1. The van der Waals surface area contributed by atoms with Crippen molar-refractivity contribution in [2.24, 2.45) is 5.92 Å². The second-order valence-electron chi connectivity index (χ2n) is 5.03. The van der Waals surface area contributed by atoms with Crippen LogP contribution in [-0.2, 0) is 26.2 Å². The van der Waals surface area contributed by atoms with Crippen molar-refractivity contribution in [2.45, 2.75) is 26.5 Å². The monoisotopic (exact) mass is 315 g/mol. The first kappa shape index (κ1) is 17.6. The number of carboxylic acid groups (broad SMARTS) is 1. The number of nitrogens with one attached hydrogen (secondary N) is 1. The van der Waals surface area contributed by atoms with Gasteiger partial charge in [-0.1, -0.05) is 44.2 Å². The first-order valence-corrected chi connectivity index (χ1v) is 8.31. The number of hydrogen-bond donors (Lipinski definition) is 2. The van der Waals surface area contributed by atoms with Crippen LogP contribution in [0, 0.1) is 5.92 Å². The van der Waals surface area contributed by atoms with Gasteiger partial charge in [0.15, 0.2) is 0 Å². The molecule has 21 heavy (non-hydrogen) atoms. The highest BCUT2D eigenvalue weighted by Gasteiger charge is 2.26. The Hall–Kier alpha value is -1.44. The van der Waals surface area contributed by atoms with Crippen LogP contribution in [0.1, 0.15) is 19.4 Å². The van der Waals surface area contributed by atoms with E-state index in [1.165, 1.54) is 0 Å². The van der Waals surface area contributed by atoms with Crippen molar-refractivity contribution in [3.63, 3.8) is 0 Å². The van der Waals surface area contributed by atoms with Gasteiger partial charge in [0.2, 0.25) is 10.0 Å². The second kappa shape index (κ2) is 8.11. The molecule has 0 spiro atoms. The Kier molecular flexibility index (Phi) is 6.80. The Morgan fingerprint density at radius 3 is 2.43 bits per heavy atom. The molecule has 0 amide bonds. The zero-order valence-electron chi connectivity index (χ0n) is 12.2. The molecule has 1 aromatic rings. The van der Waals surface area contributed by atoms with Crippen LogP contribution in [0.4, 0.5) is 0 Å². The molecule has 1 aromatic carbocycles. The molecule has 0 aliphatic carbocycles. The van der Waals surface area contributed by atoms with E-state index < -0.39 is 22.0 Å². The van der Waals surface area contributed by atoms with Crippen LogP contribution in [0.25, 0.3) is 0 Å². The van der Waals surface area contributed by atoms with E-state index in [0.717, 1.165) is 5.56 Å². The zero-order chi connectivity index (χ0) is 15.9. The summed E-state index contributed by atoms with van der Waals surface area (Å²) in [4.78, 5) is 11.0. The van der Waals surface area contributed by atoms with E-state index in [9.17, 15) is 13.2 Å². The van der Waals surface area contributed by atoms with Crippen molar-refractivity contribution in [3.8, 4) is 0 Å². The average Bonchev–Trinajstić information content (AvgIpc) is 2.42. The van der Waals surface area contributed by atoms with Crippen LogP contribution < -0.4 is 4.72 Å². The van der Waals surface area contributed by atoms with Gasteiger partial charge in [-0.2, -0.15) is 0 Å². The molecule has 0 aliphatic heterocycles. The number of hydrogen-bond acceptors (Lipinski definition) is 4. The van der Waals surface area contributed by atoms with Gasteiger partial charge in [0.1, 0.15) is 6.04 Å². The minimum Gasteiger partial charge on any atom is -0.480 e. The molecule has 0 saturated carbocycles. The predicted octanol–water partition coefficient (Wildman–Crippen LogP) is 1.23. The summed E-state index contributed by atoms with van der Waals surface area (Å²) in [5, 5.41) is 8.97. The fourth-order valence-electron chi connectivity index (χ4n) is 1.66. The van der Waals surface area contributed by atoms with Crippen LogP contribution in [0.2, 0.25) is 0 Å². The zero-order valence-corrected chi connectivity index (χ0v) is 13.0. The summed E-state index contributed by atoms with van der Waals surface area (Å²) in [6.07, 6.45) is 0. The number of sulfonamides is 1. The van der Waals surface area contributed by atoms with E-state index in [4.69, 9.17) is 9.84 Å². The van der Waals surface area contributed by atoms with E-state index in [-0.39, 0.29) is 18.3 Å². The molecule has 0 unspecified atom stereocenters. The summed E-state index contributed by atoms with van der Waals surface area (Å²) < 4.78 is 31.1. The molecule has 0 heterocycles. The van der Waals surface area contributed by atoms with Gasteiger partial charge in [-0.15, -0.1) is 0 Å². The third-order valence-corrected chi connectivity index (χ3v) is 4.16. The lowest BCUT2D eigenvalue weighted by molar-refractivity contribution is -0.140. The summed E-state index contributed by atoms with van der Waals surface area (Å²) in [5.41, 5.74) is 0.952. The Bertz CT molecular complexity index is 542. The van der Waals surface area contributed by atoms with Gasteiger partial charge < -0.3 is 9.84 Å². The molecule has 0 aromatic heterocycles. The van der Waals surface area contributed by atoms with E-state index in [0.29, 0.717) is 6.61 Å². The van der Waals surface area contributed by atoms with E-state index >= 15 is 0 Å². The first-order valence-electron chi connectivity index (χ1n) is 6.66. The van der Waals surface area contributed by atoms with Gasteiger partial charge in [-0.3, -0.25) is 4.79 Å².